The summed E-state index contributed by atoms with van der Waals surface area (Å²) in [4.78, 5) is 32.1. The lowest BCUT2D eigenvalue weighted by Gasteiger charge is -2.07. The third-order valence-electron chi connectivity index (χ3n) is 4.68. The Morgan fingerprint density at radius 3 is 2.23 bits per heavy atom. The van der Waals surface area contributed by atoms with E-state index in [1.807, 2.05) is 30.3 Å². The maximum atomic E-state index is 12.2. The predicted octanol–water partition coefficient (Wildman–Crippen LogP) is 4.69. The van der Waals surface area contributed by atoms with E-state index in [9.17, 15) is 9.59 Å². The second-order valence-corrected chi connectivity index (χ2v) is 7.37. The van der Waals surface area contributed by atoms with Gasteiger partial charge in [0.1, 0.15) is 11.6 Å². The van der Waals surface area contributed by atoms with Gasteiger partial charge in [-0.1, -0.05) is 43.2 Å². The third-order valence-corrected chi connectivity index (χ3v) is 4.68. The first-order valence-electron chi connectivity index (χ1n) is 10.6. The lowest BCUT2D eigenvalue weighted by molar-refractivity contribution is -0.116. The van der Waals surface area contributed by atoms with Crippen LogP contribution in [0.5, 0.6) is 0 Å². The lowest BCUT2D eigenvalue weighted by Crippen LogP contribution is -2.12. The van der Waals surface area contributed by atoms with E-state index in [1.165, 1.54) is 12.5 Å². The van der Waals surface area contributed by atoms with Gasteiger partial charge in [0.15, 0.2) is 5.65 Å². The van der Waals surface area contributed by atoms with Gasteiger partial charge in [-0.15, -0.1) is 0 Å². The largest absolute Gasteiger partial charge is 0.377 e. The van der Waals surface area contributed by atoms with Crippen molar-refractivity contribution < 1.29 is 14.3 Å². The Bertz CT molecular complexity index is 1010. The number of carbonyl (C=O) groups excluding carboxylic acids is 2. The number of aromatic nitrogens is 2. The summed E-state index contributed by atoms with van der Waals surface area (Å²) in [5, 5.41) is 6.29. The van der Waals surface area contributed by atoms with Crippen LogP contribution in [0.4, 0.5) is 11.6 Å². The standard InChI is InChI=1S/C24H28N4O3/c1-18(29)25-21-14-12-20-13-15-22(28-24(20)27-21)26-23(30)11-7-2-3-8-16-31-17-19-9-5-4-6-10-19/h4-6,9-10,12-15H,2-3,7-8,11,16-17H2,1H3,(H2,25,26,27,28,29,30). The summed E-state index contributed by atoms with van der Waals surface area (Å²) >= 11 is 0. The Balaban J connectivity index is 1.33. The number of amides is 2. The summed E-state index contributed by atoms with van der Waals surface area (Å²) < 4.78 is 5.67. The Morgan fingerprint density at radius 2 is 1.52 bits per heavy atom. The van der Waals surface area contributed by atoms with Crippen LogP contribution in [-0.4, -0.2) is 28.4 Å². The molecule has 162 valence electrons. The van der Waals surface area contributed by atoms with Crippen molar-refractivity contribution in [1.29, 1.82) is 0 Å². The number of rotatable bonds is 11. The van der Waals surface area contributed by atoms with Gasteiger partial charge in [-0.25, -0.2) is 9.97 Å². The number of hydrogen-bond acceptors (Lipinski definition) is 5. The van der Waals surface area contributed by atoms with Gasteiger partial charge >= 0.3 is 0 Å². The highest BCUT2D eigenvalue weighted by Crippen LogP contribution is 2.16. The van der Waals surface area contributed by atoms with Crippen molar-refractivity contribution in [2.75, 3.05) is 17.2 Å². The van der Waals surface area contributed by atoms with Crippen LogP contribution in [0, 0.1) is 0 Å². The molecule has 0 radical (unpaired) electrons. The number of nitrogens with one attached hydrogen (secondary N) is 2. The number of pyridine rings is 2. The molecule has 2 heterocycles. The summed E-state index contributed by atoms with van der Waals surface area (Å²) in [6, 6.07) is 17.3. The molecule has 0 saturated carbocycles. The number of benzene rings is 1. The molecule has 3 rings (SSSR count). The van der Waals surface area contributed by atoms with Crippen LogP contribution in [0.1, 0.15) is 44.6 Å². The van der Waals surface area contributed by atoms with E-state index in [0.717, 1.165) is 37.7 Å². The number of fused-ring (bicyclic) bond motifs is 1. The highest BCUT2D eigenvalue weighted by atomic mass is 16.5. The molecule has 0 unspecified atom stereocenters. The summed E-state index contributed by atoms with van der Waals surface area (Å²) in [5.74, 6) is 0.632. The van der Waals surface area contributed by atoms with Crippen LogP contribution in [0.15, 0.2) is 54.6 Å². The fourth-order valence-electron chi connectivity index (χ4n) is 3.13. The van der Waals surface area contributed by atoms with E-state index in [1.54, 1.807) is 12.1 Å². The zero-order chi connectivity index (χ0) is 21.9. The van der Waals surface area contributed by atoms with Crippen LogP contribution < -0.4 is 10.6 Å². The van der Waals surface area contributed by atoms with Crippen LogP contribution in [0.25, 0.3) is 11.0 Å². The fraction of sp³-hybridized carbons (Fsp3) is 0.333. The molecule has 0 spiro atoms. The van der Waals surface area contributed by atoms with Crippen LogP contribution in [0.2, 0.25) is 0 Å². The second-order valence-electron chi connectivity index (χ2n) is 7.37. The minimum Gasteiger partial charge on any atom is -0.377 e. The van der Waals surface area contributed by atoms with Gasteiger partial charge in [-0.2, -0.15) is 0 Å². The molecule has 31 heavy (non-hydrogen) atoms. The number of anilines is 2. The van der Waals surface area contributed by atoms with Gasteiger partial charge in [0.25, 0.3) is 0 Å². The van der Waals surface area contributed by atoms with E-state index in [2.05, 4.69) is 32.7 Å². The monoisotopic (exact) mass is 420 g/mol. The van der Waals surface area contributed by atoms with Gasteiger partial charge < -0.3 is 15.4 Å². The maximum absolute atomic E-state index is 12.2. The average Bonchev–Trinajstić information content (AvgIpc) is 2.75. The van der Waals surface area contributed by atoms with E-state index in [-0.39, 0.29) is 11.8 Å². The van der Waals surface area contributed by atoms with Gasteiger partial charge in [-0.3, -0.25) is 9.59 Å². The molecule has 0 saturated heterocycles. The predicted molar refractivity (Wildman–Crippen MR) is 122 cm³/mol. The van der Waals surface area contributed by atoms with E-state index < -0.39 is 0 Å². The van der Waals surface area contributed by atoms with Crippen molar-refractivity contribution in [3.63, 3.8) is 0 Å². The highest BCUT2D eigenvalue weighted by Gasteiger charge is 2.06. The third kappa shape index (κ3) is 7.79. The van der Waals surface area contributed by atoms with Crippen molar-refractivity contribution in [2.45, 2.75) is 45.6 Å². The molecule has 0 fully saturated rings. The lowest BCUT2D eigenvalue weighted by atomic mass is 10.1. The first-order valence-corrected chi connectivity index (χ1v) is 10.6. The number of carbonyl (C=O) groups is 2. The molecular weight excluding hydrogens is 392 g/mol. The van der Waals surface area contributed by atoms with Gasteiger partial charge in [0, 0.05) is 25.3 Å². The van der Waals surface area contributed by atoms with Crippen LogP contribution in [-0.2, 0) is 20.9 Å². The summed E-state index contributed by atoms with van der Waals surface area (Å²) in [6.45, 7) is 2.80. The Labute approximate surface area is 182 Å². The molecule has 2 aromatic heterocycles. The maximum Gasteiger partial charge on any atom is 0.225 e. The number of unbranched alkanes of at least 4 members (excludes halogenated alkanes) is 3. The van der Waals surface area contributed by atoms with Gasteiger partial charge in [0.05, 0.1) is 6.61 Å². The summed E-state index contributed by atoms with van der Waals surface area (Å²) in [7, 11) is 0. The fourth-order valence-corrected chi connectivity index (χ4v) is 3.13. The SMILES string of the molecule is CC(=O)Nc1ccc2ccc(NC(=O)CCCCCCOCc3ccccc3)nc2n1. The number of hydrogen-bond donors (Lipinski definition) is 2. The molecule has 0 aliphatic rings. The van der Waals surface area contributed by atoms with Crippen molar-refractivity contribution in [3.05, 3.63) is 60.2 Å². The Morgan fingerprint density at radius 1 is 0.839 bits per heavy atom. The van der Waals surface area contributed by atoms with Crippen molar-refractivity contribution >= 4 is 34.5 Å². The molecule has 2 amide bonds. The minimum absolute atomic E-state index is 0.0646. The molecule has 2 N–H and O–H groups in total. The molecule has 3 aromatic rings. The molecule has 1 aromatic carbocycles. The average molecular weight is 421 g/mol. The normalized spacial score (nSPS) is 10.7. The van der Waals surface area contributed by atoms with Crippen molar-refractivity contribution in [3.8, 4) is 0 Å². The van der Waals surface area contributed by atoms with Gasteiger partial charge in [-0.05, 0) is 42.7 Å². The smallest absolute Gasteiger partial charge is 0.225 e. The quantitative estimate of drug-likeness (QED) is 0.439. The summed E-state index contributed by atoms with van der Waals surface area (Å²) in [6.07, 6.45) is 4.27. The van der Waals surface area contributed by atoms with Crippen LogP contribution in [0.3, 0.4) is 0 Å². The zero-order valence-electron chi connectivity index (χ0n) is 17.8. The Hall–Kier alpha value is -3.32. The highest BCUT2D eigenvalue weighted by molar-refractivity contribution is 5.92. The first-order chi connectivity index (χ1) is 15.1. The first kappa shape index (κ1) is 22.4. The Kier molecular flexibility index (Phi) is 8.48. The minimum atomic E-state index is -0.195. The topological polar surface area (TPSA) is 93.2 Å². The van der Waals surface area contributed by atoms with E-state index in [4.69, 9.17) is 4.74 Å². The number of nitrogens with zero attached hydrogens (tertiary/aromatic N) is 2. The molecule has 0 aliphatic heterocycles. The molecular formula is C24H28N4O3. The molecule has 7 nitrogen and oxygen atoms in total. The van der Waals surface area contributed by atoms with Gasteiger partial charge in [0.2, 0.25) is 11.8 Å². The molecule has 0 atom stereocenters. The van der Waals surface area contributed by atoms with Crippen LogP contribution >= 0.6 is 0 Å². The zero-order valence-corrected chi connectivity index (χ0v) is 17.8. The number of ether oxygens (including phenoxy) is 1. The van der Waals surface area contributed by atoms with Crippen molar-refractivity contribution in [1.82, 2.24) is 9.97 Å². The second kappa shape index (κ2) is 11.8. The van der Waals surface area contributed by atoms with Crippen molar-refractivity contribution in [2.24, 2.45) is 0 Å². The van der Waals surface area contributed by atoms with E-state index >= 15 is 0 Å². The summed E-state index contributed by atoms with van der Waals surface area (Å²) in [5.41, 5.74) is 1.66. The van der Waals surface area contributed by atoms with E-state index in [0.29, 0.717) is 30.3 Å². The molecule has 0 aliphatic carbocycles. The molecule has 0 bridgehead atoms. The molecule has 7 heteroatoms.